The Morgan fingerprint density at radius 2 is 1.27 bits per heavy atom. The SMILES string of the molecule is CCC(N)c1ccc(C(F)(F)F)c(C(F)(F)F)c1C(F)(F)F. The molecular weight excluding hydrogens is 329 g/mol. The van der Waals surface area contributed by atoms with E-state index >= 15 is 0 Å². The van der Waals surface area contributed by atoms with Gasteiger partial charge in [0, 0.05) is 6.04 Å². The van der Waals surface area contributed by atoms with Gasteiger partial charge in [0.1, 0.15) is 0 Å². The molecular formula is C12H10F9N. The molecule has 0 bridgehead atoms. The van der Waals surface area contributed by atoms with E-state index in [-0.39, 0.29) is 12.5 Å². The van der Waals surface area contributed by atoms with Crippen molar-refractivity contribution in [2.75, 3.05) is 0 Å². The Bertz CT molecular complexity index is 539. The Hall–Kier alpha value is -1.45. The number of benzene rings is 1. The lowest BCUT2D eigenvalue weighted by atomic mass is 9.90. The first-order valence-electron chi connectivity index (χ1n) is 5.85. The Kier molecular flexibility index (Phi) is 4.76. The number of hydrogen-bond acceptors (Lipinski definition) is 1. The molecule has 0 spiro atoms. The fraction of sp³-hybridized carbons (Fsp3) is 0.500. The maximum Gasteiger partial charge on any atom is 0.417 e. The predicted molar refractivity (Wildman–Crippen MR) is 58.7 cm³/mol. The molecule has 0 saturated heterocycles. The summed E-state index contributed by atoms with van der Waals surface area (Å²) in [5.74, 6) is 0. The van der Waals surface area contributed by atoms with Crippen LogP contribution in [0.1, 0.15) is 41.6 Å². The van der Waals surface area contributed by atoms with E-state index in [1.54, 1.807) is 0 Å². The van der Waals surface area contributed by atoms with E-state index in [9.17, 15) is 39.5 Å². The lowest BCUT2D eigenvalue weighted by molar-refractivity contribution is -0.175. The largest absolute Gasteiger partial charge is 0.417 e. The Balaban J connectivity index is 3.92. The van der Waals surface area contributed by atoms with Gasteiger partial charge in [-0.25, -0.2) is 0 Å². The van der Waals surface area contributed by atoms with Crippen LogP contribution in [0.3, 0.4) is 0 Å². The van der Waals surface area contributed by atoms with Crippen LogP contribution in [0.15, 0.2) is 12.1 Å². The fourth-order valence-electron chi connectivity index (χ4n) is 1.98. The molecule has 1 aromatic rings. The van der Waals surface area contributed by atoms with Crippen LogP contribution < -0.4 is 5.73 Å². The average Bonchev–Trinajstić information content (AvgIpc) is 2.32. The highest BCUT2D eigenvalue weighted by Crippen LogP contribution is 2.48. The van der Waals surface area contributed by atoms with E-state index in [2.05, 4.69) is 0 Å². The van der Waals surface area contributed by atoms with E-state index in [0.29, 0.717) is 6.07 Å². The summed E-state index contributed by atoms with van der Waals surface area (Å²) in [5, 5.41) is 0. The Labute approximate surface area is 118 Å². The molecule has 0 aliphatic carbocycles. The maximum absolute atomic E-state index is 13.0. The van der Waals surface area contributed by atoms with Gasteiger partial charge in [-0.1, -0.05) is 13.0 Å². The first-order chi connectivity index (χ1) is 9.71. The minimum Gasteiger partial charge on any atom is -0.324 e. The first-order valence-corrected chi connectivity index (χ1v) is 5.85. The van der Waals surface area contributed by atoms with Gasteiger partial charge in [0.15, 0.2) is 0 Å². The third-order valence-corrected chi connectivity index (χ3v) is 2.95. The van der Waals surface area contributed by atoms with E-state index in [0.717, 1.165) is 0 Å². The van der Waals surface area contributed by atoms with Crippen LogP contribution in [0, 0.1) is 0 Å². The van der Waals surface area contributed by atoms with Crippen molar-refractivity contribution in [1.82, 2.24) is 0 Å². The second kappa shape index (κ2) is 5.64. The lowest BCUT2D eigenvalue weighted by Gasteiger charge is -2.25. The molecule has 1 nitrogen and oxygen atoms in total. The summed E-state index contributed by atoms with van der Waals surface area (Å²) >= 11 is 0. The average molecular weight is 339 g/mol. The van der Waals surface area contributed by atoms with Crippen LogP contribution >= 0.6 is 0 Å². The van der Waals surface area contributed by atoms with Crippen molar-refractivity contribution >= 4 is 0 Å². The van der Waals surface area contributed by atoms with Gasteiger partial charge in [0.05, 0.1) is 16.7 Å². The van der Waals surface area contributed by atoms with Gasteiger partial charge in [-0.2, -0.15) is 39.5 Å². The van der Waals surface area contributed by atoms with Gasteiger partial charge in [-0.05, 0) is 18.1 Å². The smallest absolute Gasteiger partial charge is 0.324 e. The van der Waals surface area contributed by atoms with Gasteiger partial charge in [0.25, 0.3) is 0 Å². The highest BCUT2D eigenvalue weighted by atomic mass is 19.4. The normalized spacial score (nSPS) is 15.0. The number of hydrogen-bond donors (Lipinski definition) is 1. The minimum atomic E-state index is -5.83. The third kappa shape index (κ3) is 3.65. The van der Waals surface area contributed by atoms with Crippen LogP contribution in [0.4, 0.5) is 39.5 Å². The molecule has 0 radical (unpaired) electrons. The van der Waals surface area contributed by atoms with Crippen LogP contribution in [0.25, 0.3) is 0 Å². The summed E-state index contributed by atoms with van der Waals surface area (Å²) in [5.41, 5.74) is -3.23. The monoisotopic (exact) mass is 339 g/mol. The quantitative estimate of drug-likeness (QED) is 0.741. The summed E-state index contributed by atoms with van der Waals surface area (Å²) in [4.78, 5) is 0. The third-order valence-electron chi connectivity index (χ3n) is 2.95. The molecule has 0 fully saturated rings. The van der Waals surface area contributed by atoms with Crippen molar-refractivity contribution in [3.05, 3.63) is 34.4 Å². The van der Waals surface area contributed by atoms with Gasteiger partial charge in [0.2, 0.25) is 0 Å². The van der Waals surface area contributed by atoms with Crippen LogP contribution in [-0.4, -0.2) is 0 Å². The molecule has 1 aromatic carbocycles. The zero-order valence-electron chi connectivity index (χ0n) is 10.9. The molecule has 1 atom stereocenters. The molecule has 0 amide bonds. The van der Waals surface area contributed by atoms with Crippen LogP contribution in [0.5, 0.6) is 0 Å². The minimum absolute atomic E-state index is 0.0249. The molecule has 0 heterocycles. The molecule has 0 aliphatic rings. The molecule has 10 heteroatoms. The summed E-state index contributed by atoms with van der Waals surface area (Å²) in [6, 6.07) is -1.15. The summed E-state index contributed by atoms with van der Waals surface area (Å²) < 4.78 is 116. The summed E-state index contributed by atoms with van der Waals surface area (Å²) in [6.07, 6.45) is -17.2. The molecule has 0 aromatic heterocycles. The molecule has 0 saturated carbocycles. The molecule has 0 aliphatic heterocycles. The molecule has 1 rings (SSSR count). The number of halogens is 9. The van der Waals surface area contributed by atoms with Gasteiger partial charge in [-0.15, -0.1) is 0 Å². The van der Waals surface area contributed by atoms with Gasteiger partial charge < -0.3 is 5.73 Å². The highest BCUT2D eigenvalue weighted by Gasteiger charge is 2.51. The zero-order valence-corrected chi connectivity index (χ0v) is 10.9. The van der Waals surface area contributed by atoms with Gasteiger partial charge >= 0.3 is 18.5 Å². The van der Waals surface area contributed by atoms with Crippen molar-refractivity contribution in [3.8, 4) is 0 Å². The second-order valence-electron chi connectivity index (χ2n) is 4.46. The molecule has 126 valence electrons. The van der Waals surface area contributed by atoms with E-state index in [4.69, 9.17) is 5.73 Å². The summed E-state index contributed by atoms with van der Waals surface area (Å²) in [6.45, 7) is 1.30. The fourth-order valence-corrected chi connectivity index (χ4v) is 1.98. The number of alkyl halides is 9. The molecule has 1 unspecified atom stereocenters. The highest BCUT2D eigenvalue weighted by molar-refractivity contribution is 5.47. The van der Waals surface area contributed by atoms with E-state index < -0.39 is 46.8 Å². The first kappa shape index (κ1) is 18.6. The lowest BCUT2D eigenvalue weighted by Crippen LogP contribution is -2.26. The second-order valence-corrected chi connectivity index (χ2v) is 4.46. The van der Waals surface area contributed by atoms with Crippen LogP contribution in [0.2, 0.25) is 0 Å². The zero-order chi connectivity index (χ0) is 17.5. The Morgan fingerprint density at radius 3 is 1.59 bits per heavy atom. The topological polar surface area (TPSA) is 26.0 Å². The van der Waals surface area contributed by atoms with Crippen molar-refractivity contribution in [2.24, 2.45) is 5.73 Å². The standard InChI is InChI=1S/C12H10F9N/c1-2-7(22)5-3-4-6(10(13,14)15)9(12(19,20)21)8(5)11(16,17)18/h3-4,7H,2,22H2,1H3. The van der Waals surface area contributed by atoms with Crippen LogP contribution in [-0.2, 0) is 18.5 Å². The summed E-state index contributed by atoms with van der Waals surface area (Å²) in [7, 11) is 0. The number of rotatable bonds is 2. The van der Waals surface area contributed by atoms with E-state index in [1.165, 1.54) is 6.92 Å². The maximum atomic E-state index is 13.0. The van der Waals surface area contributed by atoms with Crippen molar-refractivity contribution < 1.29 is 39.5 Å². The molecule has 22 heavy (non-hydrogen) atoms. The Morgan fingerprint density at radius 1 is 0.818 bits per heavy atom. The van der Waals surface area contributed by atoms with Crippen molar-refractivity contribution in [2.45, 2.75) is 37.9 Å². The van der Waals surface area contributed by atoms with Gasteiger partial charge in [-0.3, -0.25) is 0 Å². The predicted octanol–water partition coefficient (Wildman–Crippen LogP) is 5.15. The number of nitrogens with two attached hydrogens (primary N) is 1. The molecule has 2 N–H and O–H groups in total. The van der Waals surface area contributed by atoms with E-state index in [1.807, 2.05) is 0 Å². The van der Waals surface area contributed by atoms with Crippen molar-refractivity contribution in [1.29, 1.82) is 0 Å². The van der Waals surface area contributed by atoms with Crippen molar-refractivity contribution in [3.63, 3.8) is 0 Å².